The summed E-state index contributed by atoms with van der Waals surface area (Å²) in [5, 5.41) is 0. The van der Waals surface area contributed by atoms with Gasteiger partial charge < -0.3 is 15.2 Å². The van der Waals surface area contributed by atoms with Crippen LogP contribution in [-0.2, 0) is 11.3 Å². The van der Waals surface area contributed by atoms with E-state index < -0.39 is 0 Å². The molecule has 96 valence electrons. The van der Waals surface area contributed by atoms with Crippen LogP contribution in [-0.4, -0.2) is 13.7 Å². The smallest absolute Gasteiger partial charge is 0.124 e. The van der Waals surface area contributed by atoms with Gasteiger partial charge in [-0.2, -0.15) is 0 Å². The van der Waals surface area contributed by atoms with E-state index in [1.165, 1.54) is 0 Å². The van der Waals surface area contributed by atoms with Crippen LogP contribution in [0.2, 0.25) is 0 Å². The highest BCUT2D eigenvalue weighted by molar-refractivity contribution is 5.47. The van der Waals surface area contributed by atoms with Gasteiger partial charge in [-0.05, 0) is 30.0 Å². The Labute approximate surface area is 104 Å². The summed E-state index contributed by atoms with van der Waals surface area (Å²) in [6.45, 7) is 7.91. The molecule has 3 nitrogen and oxygen atoms in total. The molecule has 1 aromatic rings. The molecule has 0 radical (unpaired) electrons. The zero-order valence-corrected chi connectivity index (χ0v) is 11.2. The van der Waals surface area contributed by atoms with Crippen molar-refractivity contribution in [1.82, 2.24) is 0 Å². The third-order valence-electron chi connectivity index (χ3n) is 2.56. The van der Waals surface area contributed by atoms with Gasteiger partial charge in [0.15, 0.2) is 0 Å². The van der Waals surface area contributed by atoms with Crippen LogP contribution in [0.4, 0.5) is 5.69 Å². The topological polar surface area (TPSA) is 44.5 Å². The molecule has 0 saturated heterocycles. The lowest BCUT2D eigenvalue weighted by molar-refractivity contribution is 0.0948. The van der Waals surface area contributed by atoms with Gasteiger partial charge in [-0.25, -0.2) is 0 Å². The van der Waals surface area contributed by atoms with Crippen molar-refractivity contribution in [2.24, 2.45) is 5.41 Å². The summed E-state index contributed by atoms with van der Waals surface area (Å²) in [6.07, 6.45) is 1.04. The normalized spacial score (nSPS) is 11.5. The molecule has 0 atom stereocenters. The molecule has 0 aromatic heterocycles. The minimum absolute atomic E-state index is 0.305. The standard InChI is InChI=1S/C14H23NO2/c1-14(2,3)7-8-17-10-11-9-12(15)5-6-13(11)16-4/h5-6,9H,7-8,10,15H2,1-4H3. The molecule has 0 aliphatic heterocycles. The first-order valence-electron chi connectivity index (χ1n) is 5.92. The van der Waals surface area contributed by atoms with Crippen LogP contribution in [0.5, 0.6) is 5.75 Å². The highest BCUT2D eigenvalue weighted by Gasteiger charge is 2.10. The highest BCUT2D eigenvalue weighted by atomic mass is 16.5. The predicted octanol–water partition coefficient (Wildman–Crippen LogP) is 3.23. The molecule has 0 heterocycles. The maximum absolute atomic E-state index is 5.74. The fourth-order valence-electron chi connectivity index (χ4n) is 1.47. The van der Waals surface area contributed by atoms with Gasteiger partial charge in [-0.3, -0.25) is 0 Å². The number of hydrogen-bond donors (Lipinski definition) is 1. The summed E-state index contributed by atoms with van der Waals surface area (Å²) in [6, 6.07) is 5.60. The van der Waals surface area contributed by atoms with E-state index in [-0.39, 0.29) is 0 Å². The predicted molar refractivity (Wildman–Crippen MR) is 71.1 cm³/mol. The number of nitrogens with two attached hydrogens (primary N) is 1. The lowest BCUT2D eigenvalue weighted by atomic mass is 9.93. The van der Waals surface area contributed by atoms with E-state index >= 15 is 0 Å². The third-order valence-corrected chi connectivity index (χ3v) is 2.56. The second kappa shape index (κ2) is 5.92. The van der Waals surface area contributed by atoms with E-state index in [0.29, 0.717) is 12.0 Å². The van der Waals surface area contributed by atoms with Gasteiger partial charge in [-0.1, -0.05) is 20.8 Å². The number of anilines is 1. The second-order valence-electron chi connectivity index (χ2n) is 5.43. The zero-order valence-electron chi connectivity index (χ0n) is 11.2. The van der Waals surface area contributed by atoms with Gasteiger partial charge >= 0.3 is 0 Å². The summed E-state index contributed by atoms with van der Waals surface area (Å²) in [5.41, 5.74) is 7.79. The number of ether oxygens (including phenoxy) is 2. The van der Waals surface area contributed by atoms with Gasteiger partial charge in [0.25, 0.3) is 0 Å². The minimum atomic E-state index is 0.305. The van der Waals surface area contributed by atoms with Crippen molar-refractivity contribution in [3.8, 4) is 5.75 Å². The average molecular weight is 237 g/mol. The fourth-order valence-corrected chi connectivity index (χ4v) is 1.47. The molecule has 17 heavy (non-hydrogen) atoms. The van der Waals surface area contributed by atoms with Crippen LogP contribution in [0.15, 0.2) is 18.2 Å². The van der Waals surface area contributed by atoms with Crippen molar-refractivity contribution in [1.29, 1.82) is 0 Å². The van der Waals surface area contributed by atoms with Crippen molar-refractivity contribution >= 4 is 5.69 Å². The van der Waals surface area contributed by atoms with E-state index in [4.69, 9.17) is 15.2 Å². The Morgan fingerprint density at radius 2 is 1.94 bits per heavy atom. The van der Waals surface area contributed by atoms with Crippen LogP contribution in [0, 0.1) is 5.41 Å². The van der Waals surface area contributed by atoms with Gasteiger partial charge in [0, 0.05) is 17.9 Å². The van der Waals surface area contributed by atoms with Gasteiger partial charge in [0.1, 0.15) is 5.75 Å². The molecule has 0 saturated carbocycles. The lowest BCUT2D eigenvalue weighted by Crippen LogP contribution is -2.09. The van der Waals surface area contributed by atoms with E-state index in [9.17, 15) is 0 Å². The number of benzene rings is 1. The molecule has 3 heteroatoms. The zero-order chi connectivity index (χ0) is 12.9. The molecule has 2 N–H and O–H groups in total. The molecule has 0 unspecified atom stereocenters. The van der Waals surface area contributed by atoms with E-state index in [1.54, 1.807) is 7.11 Å². The van der Waals surface area contributed by atoms with Gasteiger partial charge in [0.05, 0.1) is 13.7 Å². The molecule has 0 fully saturated rings. The molecular formula is C14H23NO2. The van der Waals surface area contributed by atoms with Crippen molar-refractivity contribution in [3.05, 3.63) is 23.8 Å². The number of nitrogen functional groups attached to an aromatic ring is 1. The molecule has 0 aliphatic carbocycles. The third kappa shape index (κ3) is 5.09. The summed E-state index contributed by atoms with van der Waals surface area (Å²) < 4.78 is 10.9. The summed E-state index contributed by atoms with van der Waals surface area (Å²) in [5.74, 6) is 0.829. The summed E-state index contributed by atoms with van der Waals surface area (Å²) >= 11 is 0. The number of hydrogen-bond acceptors (Lipinski definition) is 3. The van der Waals surface area contributed by atoms with Crippen LogP contribution < -0.4 is 10.5 Å². The lowest BCUT2D eigenvalue weighted by Gasteiger charge is -2.18. The molecule has 0 amide bonds. The quantitative estimate of drug-likeness (QED) is 0.631. The summed E-state index contributed by atoms with van der Waals surface area (Å²) in [7, 11) is 1.66. The largest absolute Gasteiger partial charge is 0.496 e. The van der Waals surface area contributed by atoms with Crippen LogP contribution in [0.25, 0.3) is 0 Å². The molecule has 1 aromatic carbocycles. The van der Waals surface area contributed by atoms with Crippen LogP contribution in [0.1, 0.15) is 32.8 Å². The Hall–Kier alpha value is -1.22. The van der Waals surface area contributed by atoms with Crippen LogP contribution >= 0.6 is 0 Å². The molecular weight excluding hydrogens is 214 g/mol. The Morgan fingerprint density at radius 3 is 2.53 bits per heavy atom. The monoisotopic (exact) mass is 237 g/mol. The van der Waals surface area contributed by atoms with Crippen molar-refractivity contribution in [2.75, 3.05) is 19.5 Å². The fraction of sp³-hybridized carbons (Fsp3) is 0.571. The second-order valence-corrected chi connectivity index (χ2v) is 5.43. The first-order chi connectivity index (χ1) is 7.92. The Bertz CT molecular complexity index is 356. The van der Waals surface area contributed by atoms with Crippen LogP contribution in [0.3, 0.4) is 0 Å². The van der Waals surface area contributed by atoms with Crippen molar-refractivity contribution < 1.29 is 9.47 Å². The SMILES string of the molecule is COc1ccc(N)cc1COCCC(C)(C)C. The Kier molecular flexibility index (Phi) is 4.82. The van der Waals surface area contributed by atoms with Gasteiger partial charge in [-0.15, -0.1) is 0 Å². The molecule has 1 rings (SSSR count). The first kappa shape index (κ1) is 13.8. The maximum Gasteiger partial charge on any atom is 0.124 e. The van der Waals surface area contributed by atoms with E-state index in [2.05, 4.69) is 20.8 Å². The Balaban J connectivity index is 2.48. The Morgan fingerprint density at radius 1 is 1.24 bits per heavy atom. The minimum Gasteiger partial charge on any atom is -0.496 e. The van der Waals surface area contributed by atoms with E-state index in [0.717, 1.165) is 30.0 Å². The number of methoxy groups -OCH3 is 1. The highest BCUT2D eigenvalue weighted by Crippen LogP contribution is 2.23. The maximum atomic E-state index is 5.74. The van der Waals surface area contributed by atoms with Gasteiger partial charge in [0.2, 0.25) is 0 Å². The molecule has 0 bridgehead atoms. The molecule has 0 spiro atoms. The first-order valence-corrected chi connectivity index (χ1v) is 5.92. The number of rotatable bonds is 5. The summed E-state index contributed by atoms with van der Waals surface area (Å²) in [4.78, 5) is 0. The molecule has 0 aliphatic rings. The van der Waals surface area contributed by atoms with E-state index in [1.807, 2.05) is 18.2 Å². The van der Waals surface area contributed by atoms with Crippen molar-refractivity contribution in [3.63, 3.8) is 0 Å². The average Bonchev–Trinajstić information content (AvgIpc) is 2.23. The van der Waals surface area contributed by atoms with Crippen molar-refractivity contribution in [2.45, 2.75) is 33.8 Å².